The van der Waals surface area contributed by atoms with E-state index in [1.807, 2.05) is 34.5 Å². The lowest BCUT2D eigenvalue weighted by molar-refractivity contribution is -0.115. The molecule has 2 heterocycles. The van der Waals surface area contributed by atoms with Gasteiger partial charge >= 0.3 is 5.97 Å². The third-order valence-corrected chi connectivity index (χ3v) is 4.29. The van der Waals surface area contributed by atoms with Crippen molar-refractivity contribution in [3.63, 3.8) is 0 Å². The molecule has 3 aromatic rings. The van der Waals surface area contributed by atoms with Gasteiger partial charge in [-0.15, -0.1) is 11.3 Å². The Labute approximate surface area is 149 Å². The predicted molar refractivity (Wildman–Crippen MR) is 96.2 cm³/mol. The van der Waals surface area contributed by atoms with Crippen molar-refractivity contribution < 1.29 is 14.3 Å². The number of carbonyl (C=O) groups is 2. The molecule has 1 N–H and O–H groups in total. The Morgan fingerprint density at radius 2 is 1.92 bits per heavy atom. The monoisotopic (exact) mass is 355 g/mol. The number of ether oxygens (including phenoxy) is 1. The maximum Gasteiger partial charge on any atom is 0.338 e. The van der Waals surface area contributed by atoms with E-state index in [2.05, 4.69) is 10.3 Å². The number of hydrogen-bond donors (Lipinski definition) is 1. The summed E-state index contributed by atoms with van der Waals surface area (Å²) in [6, 6.07) is 10.5. The maximum atomic E-state index is 12.2. The number of hydrogen-bond acceptors (Lipinski definition) is 5. The molecule has 0 aliphatic carbocycles. The number of rotatable bonds is 6. The maximum absolute atomic E-state index is 12.2. The molecule has 3 rings (SSSR count). The number of nitrogens with one attached hydrogen (secondary N) is 1. The normalized spacial score (nSPS) is 10.4. The molecular weight excluding hydrogens is 338 g/mol. The topological polar surface area (TPSA) is 73.2 Å². The molecular formula is C18H17N3O3S. The highest BCUT2D eigenvalue weighted by Gasteiger charge is 2.10. The Kier molecular flexibility index (Phi) is 5.25. The van der Waals surface area contributed by atoms with Crippen molar-refractivity contribution in [2.75, 3.05) is 11.9 Å². The molecule has 0 bridgehead atoms. The third kappa shape index (κ3) is 4.33. The van der Waals surface area contributed by atoms with E-state index in [0.717, 1.165) is 5.13 Å². The second kappa shape index (κ2) is 7.76. The summed E-state index contributed by atoms with van der Waals surface area (Å²) in [5.41, 5.74) is 1.80. The highest BCUT2D eigenvalue weighted by molar-refractivity contribution is 7.12. The van der Waals surface area contributed by atoms with Crippen LogP contribution < -0.4 is 5.32 Å². The van der Waals surface area contributed by atoms with Crippen LogP contribution in [0.25, 0.3) is 5.13 Å². The Bertz CT molecular complexity index is 854. The van der Waals surface area contributed by atoms with E-state index in [9.17, 15) is 9.59 Å². The molecule has 0 atom stereocenters. The van der Waals surface area contributed by atoms with Gasteiger partial charge < -0.3 is 14.6 Å². The van der Waals surface area contributed by atoms with Gasteiger partial charge in [0, 0.05) is 23.5 Å². The second-order valence-electron chi connectivity index (χ2n) is 5.23. The Balaban J connectivity index is 1.58. The lowest BCUT2D eigenvalue weighted by Crippen LogP contribution is -2.15. The average molecular weight is 355 g/mol. The van der Waals surface area contributed by atoms with Gasteiger partial charge in [0.1, 0.15) is 0 Å². The standard InChI is InChI=1S/C18H17N3O3S/c1-2-24-17(23)13-5-7-14(8-6-13)19-16(22)11-15-12-25-18(20-15)21-9-3-4-10-21/h3-10,12H,2,11H2,1H3,(H,19,22). The zero-order valence-corrected chi connectivity index (χ0v) is 14.5. The van der Waals surface area contributed by atoms with E-state index >= 15 is 0 Å². The fourth-order valence-electron chi connectivity index (χ4n) is 2.23. The van der Waals surface area contributed by atoms with Crippen LogP contribution in [0.5, 0.6) is 0 Å². The molecule has 0 radical (unpaired) electrons. The highest BCUT2D eigenvalue weighted by Crippen LogP contribution is 2.16. The van der Waals surface area contributed by atoms with Crippen LogP contribution in [0.1, 0.15) is 23.0 Å². The molecule has 2 aromatic heterocycles. The van der Waals surface area contributed by atoms with E-state index in [-0.39, 0.29) is 18.3 Å². The van der Waals surface area contributed by atoms with Gasteiger partial charge in [0.15, 0.2) is 5.13 Å². The van der Waals surface area contributed by atoms with Gasteiger partial charge in [-0.05, 0) is 43.3 Å². The molecule has 128 valence electrons. The number of thiazole rings is 1. The zero-order chi connectivity index (χ0) is 17.6. The van der Waals surface area contributed by atoms with Crippen molar-refractivity contribution >= 4 is 28.9 Å². The van der Waals surface area contributed by atoms with Gasteiger partial charge in [-0.1, -0.05) is 0 Å². The first kappa shape index (κ1) is 16.9. The van der Waals surface area contributed by atoms with Crippen LogP contribution in [0, 0.1) is 0 Å². The number of nitrogens with zero attached hydrogens (tertiary/aromatic N) is 2. The van der Waals surface area contributed by atoms with Crippen LogP contribution in [0.2, 0.25) is 0 Å². The zero-order valence-electron chi connectivity index (χ0n) is 13.6. The fourth-order valence-corrected chi connectivity index (χ4v) is 3.02. The molecule has 0 aliphatic rings. The van der Waals surface area contributed by atoms with Crippen LogP contribution in [-0.2, 0) is 16.0 Å². The van der Waals surface area contributed by atoms with E-state index in [4.69, 9.17) is 4.74 Å². The summed E-state index contributed by atoms with van der Waals surface area (Å²) in [5, 5.41) is 5.50. The van der Waals surface area contributed by atoms with Crippen LogP contribution in [0.15, 0.2) is 54.2 Å². The van der Waals surface area contributed by atoms with Crippen molar-refractivity contribution in [2.24, 2.45) is 0 Å². The first-order valence-corrected chi connectivity index (χ1v) is 8.68. The summed E-state index contributed by atoms with van der Waals surface area (Å²) in [6.07, 6.45) is 4.01. The minimum Gasteiger partial charge on any atom is -0.462 e. The largest absolute Gasteiger partial charge is 0.462 e. The van der Waals surface area contributed by atoms with Gasteiger partial charge in [0.05, 0.1) is 24.3 Å². The molecule has 1 amide bonds. The fraction of sp³-hybridized carbons (Fsp3) is 0.167. The molecule has 0 unspecified atom stereocenters. The third-order valence-electron chi connectivity index (χ3n) is 3.39. The van der Waals surface area contributed by atoms with Gasteiger partial charge in [-0.3, -0.25) is 4.79 Å². The molecule has 0 fully saturated rings. The van der Waals surface area contributed by atoms with Crippen molar-refractivity contribution in [1.82, 2.24) is 9.55 Å². The summed E-state index contributed by atoms with van der Waals surface area (Å²) >= 11 is 1.49. The number of amides is 1. The summed E-state index contributed by atoms with van der Waals surface area (Å²) in [7, 11) is 0. The molecule has 6 nitrogen and oxygen atoms in total. The number of benzene rings is 1. The van der Waals surface area contributed by atoms with Gasteiger partial charge in [0.2, 0.25) is 5.91 Å². The summed E-state index contributed by atoms with van der Waals surface area (Å²) < 4.78 is 6.83. The van der Waals surface area contributed by atoms with Gasteiger partial charge in [-0.25, -0.2) is 9.78 Å². The second-order valence-corrected chi connectivity index (χ2v) is 6.07. The summed E-state index contributed by atoms with van der Waals surface area (Å²) in [6.45, 7) is 2.09. The minimum atomic E-state index is -0.375. The lowest BCUT2D eigenvalue weighted by Gasteiger charge is -2.06. The van der Waals surface area contributed by atoms with Crippen molar-refractivity contribution in [2.45, 2.75) is 13.3 Å². The van der Waals surface area contributed by atoms with Crippen molar-refractivity contribution in [3.05, 3.63) is 65.4 Å². The lowest BCUT2D eigenvalue weighted by atomic mass is 10.2. The quantitative estimate of drug-likeness (QED) is 0.689. The molecule has 0 aliphatic heterocycles. The minimum absolute atomic E-state index is 0.159. The van der Waals surface area contributed by atoms with Crippen molar-refractivity contribution in [1.29, 1.82) is 0 Å². The molecule has 0 saturated heterocycles. The van der Waals surface area contributed by atoms with Gasteiger partial charge in [0.25, 0.3) is 0 Å². The number of carbonyl (C=O) groups excluding carboxylic acids is 2. The Morgan fingerprint density at radius 3 is 2.60 bits per heavy atom. The number of anilines is 1. The van der Waals surface area contributed by atoms with Crippen LogP contribution >= 0.6 is 11.3 Å². The Morgan fingerprint density at radius 1 is 1.20 bits per heavy atom. The summed E-state index contributed by atoms with van der Waals surface area (Å²) in [4.78, 5) is 28.2. The highest BCUT2D eigenvalue weighted by atomic mass is 32.1. The van der Waals surface area contributed by atoms with Crippen LogP contribution in [0.4, 0.5) is 5.69 Å². The average Bonchev–Trinajstić information content (AvgIpc) is 3.27. The Hall–Kier alpha value is -2.93. The first-order valence-electron chi connectivity index (χ1n) is 7.80. The van der Waals surface area contributed by atoms with E-state index in [0.29, 0.717) is 23.6 Å². The molecule has 0 spiro atoms. The van der Waals surface area contributed by atoms with E-state index in [1.54, 1.807) is 31.2 Å². The molecule has 0 saturated carbocycles. The molecule has 25 heavy (non-hydrogen) atoms. The number of esters is 1. The number of aromatic nitrogens is 2. The van der Waals surface area contributed by atoms with Gasteiger partial charge in [-0.2, -0.15) is 0 Å². The predicted octanol–water partition coefficient (Wildman–Crippen LogP) is 3.29. The van der Waals surface area contributed by atoms with Crippen LogP contribution in [-0.4, -0.2) is 28.0 Å². The van der Waals surface area contributed by atoms with Crippen molar-refractivity contribution in [3.8, 4) is 5.13 Å². The van der Waals surface area contributed by atoms with E-state index in [1.165, 1.54) is 11.3 Å². The SMILES string of the molecule is CCOC(=O)c1ccc(NC(=O)Cc2csc(-n3cccc3)n2)cc1. The molecule has 1 aromatic carbocycles. The molecule has 7 heteroatoms. The van der Waals surface area contributed by atoms with E-state index < -0.39 is 0 Å². The first-order chi connectivity index (χ1) is 12.2. The van der Waals surface area contributed by atoms with Crippen LogP contribution in [0.3, 0.4) is 0 Å². The smallest absolute Gasteiger partial charge is 0.338 e. The summed E-state index contributed by atoms with van der Waals surface area (Å²) in [5.74, 6) is -0.534.